The minimum Gasteiger partial charge on any atom is -0.348 e. The van der Waals surface area contributed by atoms with Gasteiger partial charge in [0.1, 0.15) is 17.4 Å². The molecule has 3 heterocycles. The van der Waals surface area contributed by atoms with Crippen LogP contribution in [0.5, 0.6) is 0 Å². The van der Waals surface area contributed by atoms with Crippen molar-refractivity contribution in [2.45, 2.75) is 49.7 Å². The maximum absolute atomic E-state index is 12.3. The van der Waals surface area contributed by atoms with Crippen molar-refractivity contribution in [2.75, 3.05) is 13.2 Å². The van der Waals surface area contributed by atoms with Gasteiger partial charge in [0.2, 0.25) is 0 Å². The number of hydrogen-bond acceptors (Lipinski definition) is 7. The molecular weight excluding hydrogens is 334 g/mol. The van der Waals surface area contributed by atoms with Gasteiger partial charge in [-0.1, -0.05) is 30.3 Å². The first-order valence-corrected chi connectivity index (χ1v) is 9.48. The van der Waals surface area contributed by atoms with Crippen LogP contribution in [-0.2, 0) is 35.2 Å². The Balaban J connectivity index is 1.63. The molecule has 0 spiro atoms. The Hall–Kier alpha value is -1.03. The second-order valence-corrected chi connectivity index (χ2v) is 8.76. The van der Waals surface area contributed by atoms with E-state index in [0.29, 0.717) is 13.2 Å². The Kier molecular flexibility index (Phi) is 3.94. The van der Waals surface area contributed by atoms with Crippen LogP contribution in [0.1, 0.15) is 19.4 Å². The van der Waals surface area contributed by atoms with Crippen molar-refractivity contribution in [3.8, 4) is 0 Å². The first kappa shape index (κ1) is 16.4. The highest BCUT2D eigenvalue weighted by Crippen LogP contribution is 2.40. The van der Waals surface area contributed by atoms with E-state index in [0.717, 1.165) is 5.56 Å². The minimum atomic E-state index is -3.70. The first-order valence-electron chi connectivity index (χ1n) is 8.01. The molecule has 7 nitrogen and oxygen atoms in total. The van der Waals surface area contributed by atoms with Crippen molar-refractivity contribution in [3.05, 3.63) is 35.9 Å². The van der Waals surface area contributed by atoms with Crippen molar-refractivity contribution in [2.24, 2.45) is 0 Å². The minimum absolute atomic E-state index is 0.0326. The van der Waals surface area contributed by atoms with Crippen molar-refractivity contribution in [3.63, 3.8) is 0 Å². The third-order valence-electron chi connectivity index (χ3n) is 4.53. The summed E-state index contributed by atoms with van der Waals surface area (Å²) >= 11 is 0. The number of fused-ring (bicyclic) bond motifs is 1. The van der Waals surface area contributed by atoms with Crippen molar-refractivity contribution >= 4 is 10.1 Å². The fourth-order valence-corrected chi connectivity index (χ4v) is 5.03. The fourth-order valence-electron chi connectivity index (χ4n) is 3.44. The summed E-state index contributed by atoms with van der Waals surface area (Å²) in [5, 5.41) is 0.872. The van der Waals surface area contributed by atoms with Crippen LogP contribution in [0.25, 0.3) is 0 Å². The lowest BCUT2D eigenvalue weighted by atomic mass is 10.1. The Bertz CT molecular complexity index is 707. The summed E-state index contributed by atoms with van der Waals surface area (Å²) in [6.07, 6.45) is -1.20. The molecule has 4 rings (SSSR count). The van der Waals surface area contributed by atoms with Crippen LogP contribution in [0.15, 0.2) is 30.3 Å². The Morgan fingerprint density at radius 3 is 2.67 bits per heavy atom. The molecule has 3 saturated heterocycles. The van der Waals surface area contributed by atoms with Crippen molar-refractivity contribution in [1.29, 1.82) is 0 Å². The monoisotopic (exact) mass is 355 g/mol. The van der Waals surface area contributed by atoms with Crippen LogP contribution in [0.3, 0.4) is 0 Å². The maximum Gasteiger partial charge on any atom is 0.274 e. The number of benzene rings is 1. The largest absolute Gasteiger partial charge is 0.348 e. The van der Waals surface area contributed by atoms with Gasteiger partial charge in [-0.25, -0.2) is 0 Å². The summed E-state index contributed by atoms with van der Waals surface area (Å²) in [6.45, 7) is 4.73. The summed E-state index contributed by atoms with van der Waals surface area (Å²) in [5.41, 5.74) is 0.572. The number of ether oxygens (including phenoxy) is 2. The molecule has 24 heavy (non-hydrogen) atoms. The highest BCUT2D eigenvalue weighted by atomic mass is 32.2. The van der Waals surface area contributed by atoms with E-state index < -0.39 is 39.4 Å². The predicted molar refractivity (Wildman–Crippen MR) is 84.2 cm³/mol. The lowest BCUT2D eigenvalue weighted by Gasteiger charge is -2.29. The highest BCUT2D eigenvalue weighted by molar-refractivity contribution is 7.87. The summed E-state index contributed by atoms with van der Waals surface area (Å²) in [4.78, 5) is 5.89. The summed E-state index contributed by atoms with van der Waals surface area (Å²) < 4.78 is 41.3. The zero-order chi connectivity index (χ0) is 16.9. The van der Waals surface area contributed by atoms with Gasteiger partial charge in [0, 0.05) is 6.54 Å². The van der Waals surface area contributed by atoms with E-state index in [4.69, 9.17) is 18.5 Å². The van der Waals surface area contributed by atoms with Crippen LogP contribution >= 0.6 is 0 Å². The molecule has 0 unspecified atom stereocenters. The molecule has 3 fully saturated rings. The van der Waals surface area contributed by atoms with Gasteiger partial charge in [0.25, 0.3) is 10.1 Å². The molecule has 3 aliphatic rings. The Morgan fingerprint density at radius 1 is 1.25 bits per heavy atom. The number of rotatable bonds is 3. The lowest BCUT2D eigenvalue weighted by molar-refractivity contribution is -0.216. The Labute approximate surface area is 141 Å². The van der Waals surface area contributed by atoms with Gasteiger partial charge >= 0.3 is 0 Å². The molecule has 0 saturated carbocycles. The molecular formula is C16H21NO6S. The average molecular weight is 355 g/mol. The average Bonchev–Trinajstić information content (AvgIpc) is 3.14. The molecule has 0 amide bonds. The second-order valence-electron chi connectivity index (χ2n) is 6.99. The van der Waals surface area contributed by atoms with Gasteiger partial charge < -0.3 is 9.47 Å². The number of nitrogens with zero attached hydrogens (tertiary/aromatic N) is 1. The van der Waals surface area contributed by atoms with E-state index in [-0.39, 0.29) is 6.61 Å². The zero-order valence-electron chi connectivity index (χ0n) is 13.6. The molecule has 0 bridgehead atoms. The van der Waals surface area contributed by atoms with Gasteiger partial charge in [-0.3, -0.25) is 9.02 Å². The molecule has 1 aromatic carbocycles. The maximum atomic E-state index is 12.3. The standard InChI is InChI=1S/C16H21NO6S/c1-16(2)10-20-15(22-16)13-14-12(9-21-24(14,18)19)23-17(13)8-11-6-4-3-5-7-11/h3-7,12-15H,8-10H2,1-2H3/t12-,13+,14+,15-/m0/s1. The molecule has 132 valence electrons. The molecule has 0 aliphatic carbocycles. The van der Waals surface area contributed by atoms with E-state index in [2.05, 4.69) is 0 Å². The third-order valence-corrected chi connectivity index (χ3v) is 6.24. The van der Waals surface area contributed by atoms with Gasteiger partial charge in [-0.05, 0) is 19.4 Å². The van der Waals surface area contributed by atoms with Crippen LogP contribution in [0.4, 0.5) is 0 Å². The zero-order valence-corrected chi connectivity index (χ0v) is 14.4. The number of hydrogen-bond donors (Lipinski definition) is 0. The smallest absolute Gasteiger partial charge is 0.274 e. The molecule has 0 N–H and O–H groups in total. The van der Waals surface area contributed by atoms with E-state index in [9.17, 15) is 8.42 Å². The SMILES string of the molecule is CC1(C)CO[C@H]([C@H]2[C@H]3[C@H](COS3(=O)=O)ON2Cc2ccccc2)O1. The summed E-state index contributed by atoms with van der Waals surface area (Å²) in [6, 6.07) is 9.19. The number of hydroxylamine groups is 2. The quantitative estimate of drug-likeness (QED) is 0.750. The molecule has 4 atom stereocenters. The highest BCUT2D eigenvalue weighted by Gasteiger charge is 2.60. The van der Waals surface area contributed by atoms with E-state index >= 15 is 0 Å². The second kappa shape index (κ2) is 5.76. The van der Waals surface area contributed by atoms with Crippen LogP contribution < -0.4 is 0 Å². The van der Waals surface area contributed by atoms with E-state index in [1.165, 1.54) is 0 Å². The summed E-state index contributed by atoms with van der Waals surface area (Å²) in [7, 11) is -3.70. The third kappa shape index (κ3) is 2.87. The fraction of sp³-hybridized carbons (Fsp3) is 0.625. The molecule has 3 aliphatic heterocycles. The Morgan fingerprint density at radius 2 is 2.00 bits per heavy atom. The van der Waals surface area contributed by atoms with Gasteiger partial charge in [0.15, 0.2) is 6.29 Å². The van der Waals surface area contributed by atoms with Crippen molar-refractivity contribution < 1.29 is 26.9 Å². The van der Waals surface area contributed by atoms with Crippen LogP contribution in [-0.4, -0.2) is 56.0 Å². The van der Waals surface area contributed by atoms with Gasteiger partial charge in [-0.2, -0.15) is 13.5 Å². The predicted octanol–water partition coefficient (Wildman–Crippen LogP) is 1.05. The van der Waals surface area contributed by atoms with E-state index in [1.807, 2.05) is 44.2 Å². The summed E-state index contributed by atoms with van der Waals surface area (Å²) in [5.74, 6) is 0. The molecule has 0 aromatic heterocycles. The lowest BCUT2D eigenvalue weighted by Crippen LogP contribution is -2.48. The normalized spacial score (nSPS) is 37.6. The molecule has 0 radical (unpaired) electrons. The molecule has 8 heteroatoms. The van der Waals surface area contributed by atoms with Gasteiger partial charge in [0.05, 0.1) is 18.8 Å². The first-order chi connectivity index (χ1) is 11.4. The topological polar surface area (TPSA) is 74.3 Å². The van der Waals surface area contributed by atoms with Gasteiger partial charge in [-0.15, -0.1) is 0 Å². The van der Waals surface area contributed by atoms with Crippen LogP contribution in [0.2, 0.25) is 0 Å². The van der Waals surface area contributed by atoms with E-state index in [1.54, 1.807) is 5.06 Å². The molecule has 1 aromatic rings. The van der Waals surface area contributed by atoms with Crippen molar-refractivity contribution in [1.82, 2.24) is 5.06 Å². The van der Waals surface area contributed by atoms with Crippen LogP contribution in [0, 0.1) is 0 Å².